The molecule has 2 rings (SSSR count). The van der Waals surface area contributed by atoms with Gasteiger partial charge in [0.05, 0.1) is 13.0 Å². The van der Waals surface area contributed by atoms with Crippen molar-refractivity contribution in [2.24, 2.45) is 0 Å². The van der Waals surface area contributed by atoms with Gasteiger partial charge in [-0.25, -0.2) is 4.79 Å². The number of halogens is 1. The Morgan fingerprint density at radius 1 is 1.27 bits per heavy atom. The summed E-state index contributed by atoms with van der Waals surface area (Å²) in [6.45, 7) is 7.08. The van der Waals surface area contributed by atoms with Crippen LogP contribution in [0, 0.1) is 0 Å². The minimum atomic E-state index is -0.490. The molecule has 0 aliphatic carbocycles. The number of nitrogens with zero attached hydrogens (tertiary/aromatic N) is 1. The maximum atomic E-state index is 12.1. The van der Waals surface area contributed by atoms with Crippen molar-refractivity contribution in [3.05, 3.63) is 28.7 Å². The van der Waals surface area contributed by atoms with Crippen molar-refractivity contribution in [1.82, 2.24) is 10.2 Å². The average molecular weight is 427 g/mol. The molecule has 1 fully saturated rings. The molecule has 0 spiro atoms. The van der Waals surface area contributed by atoms with E-state index in [1.807, 2.05) is 45.0 Å². The maximum absolute atomic E-state index is 12.1. The summed E-state index contributed by atoms with van der Waals surface area (Å²) in [6, 6.07) is 7.62. The third-order valence-corrected chi connectivity index (χ3v) is 4.40. The van der Waals surface area contributed by atoms with Crippen molar-refractivity contribution >= 4 is 27.9 Å². The molecular weight excluding hydrogens is 400 g/mol. The van der Waals surface area contributed by atoms with Gasteiger partial charge < -0.3 is 19.7 Å². The van der Waals surface area contributed by atoms with Crippen molar-refractivity contribution in [3.63, 3.8) is 0 Å². The molecular formula is C19H27BrN2O4. The van der Waals surface area contributed by atoms with Crippen LogP contribution in [0.1, 0.15) is 40.0 Å². The van der Waals surface area contributed by atoms with Crippen molar-refractivity contribution < 1.29 is 19.1 Å². The number of ether oxygens (including phenoxy) is 2. The second-order valence-corrected chi connectivity index (χ2v) is 8.28. The molecule has 1 N–H and O–H groups in total. The average Bonchev–Trinajstić information content (AvgIpc) is 2.54. The van der Waals surface area contributed by atoms with Crippen LogP contribution in [0.4, 0.5) is 4.79 Å². The number of hydrogen-bond donors (Lipinski definition) is 1. The lowest BCUT2D eigenvalue weighted by Crippen LogP contribution is -2.47. The van der Waals surface area contributed by atoms with Gasteiger partial charge in [0.1, 0.15) is 11.4 Å². The summed E-state index contributed by atoms with van der Waals surface area (Å²) in [5, 5.41) is 3.02. The Bertz CT molecular complexity index is 622. The van der Waals surface area contributed by atoms with Gasteiger partial charge in [-0.15, -0.1) is 0 Å². The Morgan fingerprint density at radius 3 is 2.58 bits per heavy atom. The lowest BCUT2D eigenvalue weighted by atomic mass is 10.1. The fourth-order valence-electron chi connectivity index (χ4n) is 2.65. The smallest absolute Gasteiger partial charge is 0.410 e. The van der Waals surface area contributed by atoms with Crippen LogP contribution in [-0.2, 0) is 9.53 Å². The van der Waals surface area contributed by atoms with Crippen LogP contribution in [0.15, 0.2) is 28.7 Å². The molecule has 0 saturated carbocycles. The van der Waals surface area contributed by atoms with E-state index in [0.29, 0.717) is 26.1 Å². The van der Waals surface area contributed by atoms with Gasteiger partial charge in [-0.1, -0.05) is 22.0 Å². The van der Waals surface area contributed by atoms with Crippen molar-refractivity contribution in [3.8, 4) is 5.75 Å². The van der Waals surface area contributed by atoms with Crippen molar-refractivity contribution in [1.29, 1.82) is 0 Å². The molecule has 1 aliphatic rings. The quantitative estimate of drug-likeness (QED) is 0.778. The van der Waals surface area contributed by atoms with Crippen molar-refractivity contribution in [2.45, 2.75) is 51.7 Å². The highest BCUT2D eigenvalue weighted by Gasteiger charge is 2.27. The molecule has 1 heterocycles. The first-order valence-electron chi connectivity index (χ1n) is 8.88. The molecule has 1 aromatic carbocycles. The van der Waals surface area contributed by atoms with Crippen LogP contribution >= 0.6 is 15.9 Å². The Hall–Kier alpha value is -1.76. The summed E-state index contributed by atoms with van der Waals surface area (Å²) in [5.74, 6) is 0.702. The minimum Gasteiger partial charge on any atom is -0.493 e. The predicted molar refractivity (Wildman–Crippen MR) is 103 cm³/mol. The fraction of sp³-hybridized carbons (Fsp3) is 0.579. The number of likely N-dealkylation sites (tertiary alicyclic amines) is 1. The molecule has 0 bridgehead atoms. The molecule has 1 saturated heterocycles. The third kappa shape index (κ3) is 7.23. The van der Waals surface area contributed by atoms with E-state index in [9.17, 15) is 9.59 Å². The van der Waals surface area contributed by atoms with Crippen LogP contribution in [0.2, 0.25) is 0 Å². The first-order valence-corrected chi connectivity index (χ1v) is 9.68. The number of carbonyl (C=O) groups is 2. The number of amides is 2. The van der Waals surface area contributed by atoms with E-state index >= 15 is 0 Å². The Kier molecular flexibility index (Phi) is 7.32. The number of piperidine rings is 1. The summed E-state index contributed by atoms with van der Waals surface area (Å²) in [6.07, 6.45) is 1.48. The topological polar surface area (TPSA) is 67.9 Å². The van der Waals surface area contributed by atoms with E-state index in [1.165, 1.54) is 0 Å². The van der Waals surface area contributed by atoms with Gasteiger partial charge in [0.25, 0.3) is 0 Å². The molecule has 0 aromatic heterocycles. The largest absolute Gasteiger partial charge is 0.493 e. The second kappa shape index (κ2) is 9.26. The van der Waals surface area contributed by atoms with E-state index in [0.717, 1.165) is 23.1 Å². The first kappa shape index (κ1) is 20.6. The SMILES string of the molecule is CC(C)(C)OC(=O)N1CCC(NC(=O)CCOc2cccc(Br)c2)CC1. The molecule has 0 unspecified atom stereocenters. The highest BCUT2D eigenvalue weighted by molar-refractivity contribution is 9.10. The molecule has 1 aliphatic heterocycles. The summed E-state index contributed by atoms with van der Waals surface area (Å²) < 4.78 is 11.9. The van der Waals surface area contributed by atoms with Gasteiger partial charge >= 0.3 is 6.09 Å². The summed E-state index contributed by atoms with van der Waals surface area (Å²) >= 11 is 3.38. The molecule has 2 amide bonds. The zero-order valence-corrected chi connectivity index (χ0v) is 17.2. The number of carbonyl (C=O) groups excluding carboxylic acids is 2. The van der Waals surface area contributed by atoms with Crippen LogP contribution in [-0.4, -0.2) is 48.2 Å². The lowest BCUT2D eigenvalue weighted by Gasteiger charge is -2.33. The standard InChI is InChI=1S/C19H27BrN2O4/c1-19(2,3)26-18(24)22-10-7-15(8-11-22)21-17(23)9-12-25-16-6-4-5-14(20)13-16/h4-6,13,15H,7-12H2,1-3H3,(H,21,23). The molecule has 26 heavy (non-hydrogen) atoms. The summed E-state index contributed by atoms with van der Waals surface area (Å²) in [4.78, 5) is 25.8. The Labute approximate surface area is 163 Å². The van der Waals surface area contributed by atoms with Crippen LogP contribution in [0.3, 0.4) is 0 Å². The van der Waals surface area contributed by atoms with Crippen LogP contribution < -0.4 is 10.1 Å². The van der Waals surface area contributed by atoms with Gasteiger partial charge in [-0.3, -0.25) is 4.79 Å². The highest BCUT2D eigenvalue weighted by Crippen LogP contribution is 2.18. The number of nitrogens with one attached hydrogen (secondary N) is 1. The second-order valence-electron chi connectivity index (χ2n) is 7.37. The maximum Gasteiger partial charge on any atom is 0.410 e. The fourth-order valence-corrected chi connectivity index (χ4v) is 3.03. The highest BCUT2D eigenvalue weighted by atomic mass is 79.9. The predicted octanol–water partition coefficient (Wildman–Crippen LogP) is 3.73. The van der Waals surface area contributed by atoms with Gasteiger partial charge in [-0.2, -0.15) is 0 Å². The zero-order valence-electron chi connectivity index (χ0n) is 15.6. The molecule has 0 radical (unpaired) electrons. The minimum absolute atomic E-state index is 0.0317. The van der Waals surface area contributed by atoms with Crippen molar-refractivity contribution in [2.75, 3.05) is 19.7 Å². The van der Waals surface area contributed by atoms with E-state index < -0.39 is 5.60 Å². The Balaban J connectivity index is 1.65. The number of benzene rings is 1. The molecule has 7 heteroatoms. The van der Waals surface area contributed by atoms with E-state index in [2.05, 4.69) is 21.2 Å². The van der Waals surface area contributed by atoms with Crippen LogP contribution in [0.5, 0.6) is 5.75 Å². The van der Waals surface area contributed by atoms with E-state index in [-0.39, 0.29) is 18.0 Å². The lowest BCUT2D eigenvalue weighted by molar-refractivity contribution is -0.122. The normalized spacial score (nSPS) is 15.5. The van der Waals surface area contributed by atoms with Crippen LogP contribution in [0.25, 0.3) is 0 Å². The van der Waals surface area contributed by atoms with Gasteiger partial charge in [-0.05, 0) is 51.8 Å². The number of hydrogen-bond acceptors (Lipinski definition) is 4. The van der Waals surface area contributed by atoms with Gasteiger partial charge in [0.15, 0.2) is 0 Å². The van der Waals surface area contributed by atoms with E-state index in [4.69, 9.17) is 9.47 Å². The number of rotatable bonds is 5. The summed E-state index contributed by atoms with van der Waals surface area (Å²) in [7, 11) is 0. The van der Waals surface area contributed by atoms with E-state index in [1.54, 1.807) is 4.90 Å². The molecule has 0 atom stereocenters. The Morgan fingerprint density at radius 2 is 1.96 bits per heavy atom. The molecule has 6 nitrogen and oxygen atoms in total. The zero-order chi connectivity index (χ0) is 19.2. The molecule has 1 aromatic rings. The van der Waals surface area contributed by atoms with Gasteiger partial charge in [0, 0.05) is 23.6 Å². The molecule has 144 valence electrons. The van der Waals surface area contributed by atoms with Gasteiger partial charge in [0.2, 0.25) is 5.91 Å². The first-order chi connectivity index (χ1) is 12.2. The monoisotopic (exact) mass is 426 g/mol. The summed E-state index contributed by atoms with van der Waals surface area (Å²) in [5.41, 5.74) is -0.490. The third-order valence-electron chi connectivity index (χ3n) is 3.91.